The number of carboxylic acid groups (broad SMARTS) is 2. The van der Waals surface area contributed by atoms with Gasteiger partial charge in [-0.15, -0.1) is 0 Å². The van der Waals surface area contributed by atoms with Gasteiger partial charge in [-0.25, -0.2) is 0 Å². The summed E-state index contributed by atoms with van der Waals surface area (Å²) < 4.78 is 0. The van der Waals surface area contributed by atoms with Crippen LogP contribution >= 0.6 is 0 Å². The van der Waals surface area contributed by atoms with E-state index in [2.05, 4.69) is 0 Å². The highest BCUT2D eigenvalue weighted by Gasteiger charge is 2.16. The largest absolute Gasteiger partial charge is 0.481 e. The van der Waals surface area contributed by atoms with E-state index in [0.29, 0.717) is 12.3 Å². The van der Waals surface area contributed by atoms with E-state index in [1.165, 1.54) is 0 Å². The molecule has 0 fully saturated rings. The number of aliphatic carboxylic acids is 2. The highest BCUT2D eigenvalue weighted by atomic mass is 16.4. The molecule has 0 aliphatic heterocycles. The van der Waals surface area contributed by atoms with Crippen molar-refractivity contribution in [2.45, 2.75) is 52.4 Å². The molecular weight excluding hydrogens is 208 g/mol. The first-order valence-electron chi connectivity index (χ1n) is 5.87. The van der Waals surface area contributed by atoms with Crippen LogP contribution in [0.5, 0.6) is 0 Å². The van der Waals surface area contributed by atoms with Gasteiger partial charge in [0.15, 0.2) is 0 Å². The summed E-state index contributed by atoms with van der Waals surface area (Å²) in [7, 11) is 0. The maximum atomic E-state index is 10.6. The fourth-order valence-corrected chi connectivity index (χ4v) is 1.75. The number of carboxylic acids is 2. The van der Waals surface area contributed by atoms with Crippen molar-refractivity contribution >= 4 is 11.9 Å². The highest BCUT2D eigenvalue weighted by molar-refractivity contribution is 5.67. The van der Waals surface area contributed by atoms with Gasteiger partial charge in [-0.3, -0.25) is 9.59 Å². The molecule has 0 saturated heterocycles. The Morgan fingerprint density at radius 1 is 1.00 bits per heavy atom. The third kappa shape index (κ3) is 8.26. The van der Waals surface area contributed by atoms with Crippen LogP contribution in [0.15, 0.2) is 0 Å². The van der Waals surface area contributed by atoms with E-state index in [-0.39, 0.29) is 18.8 Å². The molecule has 0 aromatic rings. The van der Waals surface area contributed by atoms with E-state index in [1.54, 1.807) is 0 Å². The second kappa shape index (κ2) is 8.13. The van der Waals surface area contributed by atoms with Crippen molar-refractivity contribution in [3.05, 3.63) is 0 Å². The van der Waals surface area contributed by atoms with Crippen LogP contribution in [-0.4, -0.2) is 22.2 Å². The van der Waals surface area contributed by atoms with E-state index in [9.17, 15) is 9.59 Å². The molecule has 4 heteroatoms. The maximum absolute atomic E-state index is 10.6. The first-order chi connectivity index (χ1) is 7.43. The summed E-state index contributed by atoms with van der Waals surface area (Å²) >= 11 is 0. The van der Waals surface area contributed by atoms with Gasteiger partial charge in [0.1, 0.15) is 0 Å². The van der Waals surface area contributed by atoms with Gasteiger partial charge in [0.25, 0.3) is 0 Å². The Hall–Kier alpha value is -1.06. The minimum absolute atomic E-state index is 0.210. The molecule has 1 atom stereocenters. The normalized spacial score (nSPS) is 12.7. The number of hydrogen-bond acceptors (Lipinski definition) is 2. The minimum Gasteiger partial charge on any atom is -0.481 e. The lowest BCUT2D eigenvalue weighted by molar-refractivity contribution is -0.139. The van der Waals surface area contributed by atoms with E-state index in [0.717, 1.165) is 19.3 Å². The van der Waals surface area contributed by atoms with Gasteiger partial charge in [0.2, 0.25) is 0 Å². The first kappa shape index (κ1) is 14.9. The maximum Gasteiger partial charge on any atom is 0.303 e. The molecule has 0 aromatic carbocycles. The standard InChI is InChI=1S/C12H22O4/c1-9(2)10(8-12(15)16)6-4-3-5-7-11(13)14/h9-10H,3-8H2,1-2H3,(H,13,14)(H,15,16). The SMILES string of the molecule is CC(C)C(CCCCCC(=O)O)CC(=O)O. The second-order valence-electron chi connectivity index (χ2n) is 4.60. The number of rotatable bonds is 9. The summed E-state index contributed by atoms with van der Waals surface area (Å²) in [5.74, 6) is -0.923. The van der Waals surface area contributed by atoms with Gasteiger partial charge in [0.05, 0.1) is 0 Å². The van der Waals surface area contributed by atoms with Gasteiger partial charge >= 0.3 is 11.9 Å². The molecule has 0 aromatic heterocycles. The third-order valence-corrected chi connectivity index (χ3v) is 2.85. The zero-order chi connectivity index (χ0) is 12.6. The summed E-state index contributed by atoms with van der Waals surface area (Å²) in [6.07, 6.45) is 3.79. The summed E-state index contributed by atoms with van der Waals surface area (Å²) in [4.78, 5) is 20.9. The highest BCUT2D eigenvalue weighted by Crippen LogP contribution is 2.22. The Balaban J connectivity index is 3.68. The Morgan fingerprint density at radius 2 is 1.62 bits per heavy atom. The van der Waals surface area contributed by atoms with Crippen LogP contribution < -0.4 is 0 Å². The molecule has 94 valence electrons. The van der Waals surface area contributed by atoms with E-state index >= 15 is 0 Å². The number of carbonyl (C=O) groups is 2. The molecule has 0 amide bonds. The van der Waals surface area contributed by atoms with Crippen LogP contribution in [0.2, 0.25) is 0 Å². The Kier molecular flexibility index (Phi) is 7.60. The molecule has 0 aliphatic carbocycles. The summed E-state index contributed by atoms with van der Waals surface area (Å²) in [6, 6.07) is 0. The van der Waals surface area contributed by atoms with Gasteiger partial charge in [-0.1, -0.05) is 26.7 Å². The van der Waals surface area contributed by atoms with E-state index in [4.69, 9.17) is 10.2 Å². The summed E-state index contributed by atoms with van der Waals surface area (Å²) in [5, 5.41) is 17.2. The number of unbranched alkanes of at least 4 members (excludes halogenated alkanes) is 2. The van der Waals surface area contributed by atoms with Gasteiger partial charge in [-0.2, -0.15) is 0 Å². The van der Waals surface area contributed by atoms with Gasteiger partial charge in [-0.05, 0) is 24.7 Å². The topological polar surface area (TPSA) is 74.6 Å². The van der Waals surface area contributed by atoms with Crippen LogP contribution in [0.3, 0.4) is 0 Å². The molecule has 1 unspecified atom stereocenters. The fourth-order valence-electron chi connectivity index (χ4n) is 1.75. The quantitative estimate of drug-likeness (QED) is 0.597. The van der Waals surface area contributed by atoms with E-state index < -0.39 is 11.9 Å². The average Bonchev–Trinajstić information content (AvgIpc) is 2.14. The molecule has 16 heavy (non-hydrogen) atoms. The molecule has 4 nitrogen and oxygen atoms in total. The first-order valence-corrected chi connectivity index (χ1v) is 5.87. The Bertz CT molecular complexity index is 223. The van der Waals surface area contributed by atoms with Crippen LogP contribution in [0.1, 0.15) is 52.4 Å². The molecule has 0 heterocycles. The number of hydrogen-bond donors (Lipinski definition) is 2. The predicted octanol–water partition coefficient (Wildman–Crippen LogP) is 2.77. The fraction of sp³-hybridized carbons (Fsp3) is 0.833. The molecule has 0 radical (unpaired) electrons. The van der Waals surface area contributed by atoms with Crippen LogP contribution in [0.4, 0.5) is 0 Å². The molecular formula is C12H22O4. The molecule has 0 bridgehead atoms. The molecule has 0 saturated carbocycles. The van der Waals surface area contributed by atoms with Crippen molar-refractivity contribution in [1.29, 1.82) is 0 Å². The van der Waals surface area contributed by atoms with Crippen molar-refractivity contribution in [2.24, 2.45) is 11.8 Å². The minimum atomic E-state index is -0.758. The lowest BCUT2D eigenvalue weighted by Crippen LogP contribution is -2.13. The smallest absolute Gasteiger partial charge is 0.303 e. The lowest BCUT2D eigenvalue weighted by Gasteiger charge is -2.18. The predicted molar refractivity (Wildman–Crippen MR) is 61.3 cm³/mol. The lowest BCUT2D eigenvalue weighted by atomic mass is 9.87. The van der Waals surface area contributed by atoms with Crippen molar-refractivity contribution in [3.8, 4) is 0 Å². The van der Waals surface area contributed by atoms with Crippen LogP contribution in [-0.2, 0) is 9.59 Å². The Morgan fingerprint density at radius 3 is 2.06 bits per heavy atom. The molecule has 0 aliphatic rings. The molecule has 0 rings (SSSR count). The van der Waals surface area contributed by atoms with Crippen LogP contribution in [0, 0.1) is 11.8 Å². The average molecular weight is 230 g/mol. The summed E-state index contributed by atoms with van der Waals surface area (Å²) in [5.41, 5.74) is 0. The zero-order valence-corrected chi connectivity index (χ0v) is 10.1. The van der Waals surface area contributed by atoms with Crippen molar-refractivity contribution in [3.63, 3.8) is 0 Å². The van der Waals surface area contributed by atoms with Crippen LogP contribution in [0.25, 0.3) is 0 Å². The monoisotopic (exact) mass is 230 g/mol. The zero-order valence-electron chi connectivity index (χ0n) is 10.1. The van der Waals surface area contributed by atoms with Crippen molar-refractivity contribution in [2.75, 3.05) is 0 Å². The Labute approximate surface area is 96.7 Å². The van der Waals surface area contributed by atoms with Gasteiger partial charge < -0.3 is 10.2 Å². The molecule has 0 spiro atoms. The van der Waals surface area contributed by atoms with Gasteiger partial charge in [0, 0.05) is 12.8 Å². The van der Waals surface area contributed by atoms with E-state index in [1.807, 2.05) is 13.8 Å². The molecule has 2 N–H and O–H groups in total. The second-order valence-corrected chi connectivity index (χ2v) is 4.60. The van der Waals surface area contributed by atoms with Crippen molar-refractivity contribution in [1.82, 2.24) is 0 Å². The summed E-state index contributed by atoms with van der Waals surface area (Å²) in [6.45, 7) is 4.07. The third-order valence-electron chi connectivity index (χ3n) is 2.85. The van der Waals surface area contributed by atoms with Crippen molar-refractivity contribution < 1.29 is 19.8 Å².